The maximum Gasteiger partial charge on any atom is 0.193 e. The molecule has 1 aromatic rings. The fourth-order valence-electron chi connectivity index (χ4n) is 3.09. The van der Waals surface area contributed by atoms with Gasteiger partial charge in [-0.2, -0.15) is 0 Å². The average Bonchev–Trinajstić information content (AvgIpc) is 2.40. The Morgan fingerprint density at radius 1 is 1.33 bits per heavy atom. The fourth-order valence-corrected chi connectivity index (χ4v) is 3.09. The number of halogens is 1. The van der Waals surface area contributed by atoms with Crippen molar-refractivity contribution in [1.29, 1.82) is 0 Å². The van der Waals surface area contributed by atoms with E-state index < -0.39 is 0 Å². The molecule has 2 fully saturated rings. The summed E-state index contributed by atoms with van der Waals surface area (Å²) < 4.78 is 5.71. The highest BCUT2D eigenvalue weighted by Gasteiger charge is 2.43. The Bertz CT molecular complexity index is 532. The smallest absolute Gasteiger partial charge is 0.193 e. The van der Waals surface area contributed by atoms with Crippen LogP contribution in [0.2, 0.25) is 0 Å². The Hall–Kier alpha value is -0.820. The highest BCUT2D eigenvalue weighted by atomic mass is 127. The van der Waals surface area contributed by atoms with E-state index in [1.165, 1.54) is 17.5 Å². The zero-order chi connectivity index (χ0) is 14.1. The van der Waals surface area contributed by atoms with Crippen LogP contribution >= 0.6 is 24.0 Å². The summed E-state index contributed by atoms with van der Waals surface area (Å²) in [4.78, 5) is 4.62. The standard InChI is InChI=1S/C16H23N3O.HI/c1-10-5-6-12(8-11(10)2)18-16(17)19-14-9-15-13(14)4-3-7-20-15;/h5-6,8,13-15H,3-4,7,9H2,1-2H3,(H3,17,18,19);1H. The summed E-state index contributed by atoms with van der Waals surface area (Å²) in [6, 6.07) is 6.57. The minimum absolute atomic E-state index is 0. The van der Waals surface area contributed by atoms with Crippen molar-refractivity contribution >= 4 is 35.6 Å². The number of ether oxygens (including phenoxy) is 1. The third-order valence-corrected chi connectivity index (χ3v) is 4.54. The summed E-state index contributed by atoms with van der Waals surface area (Å²) in [5.41, 5.74) is 9.57. The third-order valence-electron chi connectivity index (χ3n) is 4.54. The first-order valence-corrected chi connectivity index (χ1v) is 7.42. The SMILES string of the molecule is Cc1ccc(NC(N)=NC2CC3OCCCC23)cc1C.I. The van der Waals surface area contributed by atoms with Gasteiger partial charge in [0.05, 0.1) is 12.1 Å². The number of nitrogens with zero attached hydrogens (tertiary/aromatic N) is 1. The van der Waals surface area contributed by atoms with Crippen LogP contribution in [0.4, 0.5) is 5.69 Å². The zero-order valence-electron chi connectivity index (χ0n) is 12.6. The summed E-state index contributed by atoms with van der Waals surface area (Å²) in [5, 5.41) is 3.19. The Kier molecular flexibility index (Phi) is 5.48. The Balaban J connectivity index is 0.00000161. The predicted octanol–water partition coefficient (Wildman–Crippen LogP) is 3.22. The quantitative estimate of drug-likeness (QED) is 0.455. The number of guanidine groups is 1. The van der Waals surface area contributed by atoms with Gasteiger partial charge < -0.3 is 15.8 Å². The van der Waals surface area contributed by atoms with Gasteiger partial charge in [0.2, 0.25) is 0 Å². The molecule has 3 unspecified atom stereocenters. The lowest BCUT2D eigenvalue weighted by atomic mass is 9.73. The first kappa shape index (κ1) is 16.5. The Morgan fingerprint density at radius 2 is 2.14 bits per heavy atom. The molecule has 4 nitrogen and oxygen atoms in total. The summed E-state index contributed by atoms with van der Waals surface area (Å²) >= 11 is 0. The molecule has 0 spiro atoms. The van der Waals surface area contributed by atoms with Gasteiger partial charge >= 0.3 is 0 Å². The lowest BCUT2D eigenvalue weighted by Gasteiger charge is -2.45. The molecule has 1 aliphatic heterocycles. The first-order valence-electron chi connectivity index (χ1n) is 7.42. The van der Waals surface area contributed by atoms with Crippen LogP contribution in [0, 0.1) is 19.8 Å². The van der Waals surface area contributed by atoms with Crippen LogP contribution in [0.15, 0.2) is 23.2 Å². The van der Waals surface area contributed by atoms with Crippen molar-refractivity contribution in [2.45, 2.75) is 45.3 Å². The van der Waals surface area contributed by atoms with E-state index in [4.69, 9.17) is 10.5 Å². The number of aliphatic imine (C=N–C) groups is 1. The minimum Gasteiger partial charge on any atom is -0.378 e. The summed E-state index contributed by atoms with van der Waals surface area (Å²) in [6.45, 7) is 5.12. The molecule has 1 saturated carbocycles. The molecule has 0 amide bonds. The molecule has 1 aromatic carbocycles. The lowest BCUT2D eigenvalue weighted by molar-refractivity contribution is -0.0937. The van der Waals surface area contributed by atoms with E-state index in [-0.39, 0.29) is 24.0 Å². The monoisotopic (exact) mass is 401 g/mol. The second kappa shape index (κ2) is 6.96. The molecule has 0 bridgehead atoms. The molecular weight excluding hydrogens is 377 g/mol. The number of fused-ring (bicyclic) bond motifs is 1. The van der Waals surface area contributed by atoms with Crippen molar-refractivity contribution in [2.24, 2.45) is 16.6 Å². The number of aryl methyl sites for hydroxylation is 2. The molecular formula is C16H24IN3O. The zero-order valence-corrected chi connectivity index (χ0v) is 15.0. The average molecular weight is 401 g/mol. The van der Waals surface area contributed by atoms with Crippen molar-refractivity contribution < 1.29 is 4.74 Å². The number of anilines is 1. The summed E-state index contributed by atoms with van der Waals surface area (Å²) in [7, 11) is 0. The molecule has 116 valence electrons. The maximum absolute atomic E-state index is 6.02. The van der Waals surface area contributed by atoms with Crippen LogP contribution in [0.5, 0.6) is 0 Å². The van der Waals surface area contributed by atoms with Gasteiger partial charge in [0.25, 0.3) is 0 Å². The highest BCUT2D eigenvalue weighted by molar-refractivity contribution is 14.0. The Morgan fingerprint density at radius 3 is 2.86 bits per heavy atom. The van der Waals surface area contributed by atoms with E-state index in [1.807, 2.05) is 6.07 Å². The number of benzene rings is 1. The van der Waals surface area contributed by atoms with Crippen molar-refractivity contribution in [3.63, 3.8) is 0 Å². The lowest BCUT2D eigenvalue weighted by Crippen LogP contribution is -2.49. The van der Waals surface area contributed by atoms with E-state index in [2.05, 4.69) is 36.3 Å². The third kappa shape index (κ3) is 3.69. The van der Waals surface area contributed by atoms with E-state index in [1.54, 1.807) is 0 Å². The van der Waals surface area contributed by atoms with E-state index in [9.17, 15) is 0 Å². The predicted molar refractivity (Wildman–Crippen MR) is 97.4 cm³/mol. The molecule has 3 atom stereocenters. The van der Waals surface area contributed by atoms with Crippen LogP contribution < -0.4 is 11.1 Å². The van der Waals surface area contributed by atoms with Gasteiger partial charge in [0.1, 0.15) is 0 Å². The van der Waals surface area contributed by atoms with Crippen LogP contribution in [-0.2, 0) is 4.74 Å². The Labute approximate surface area is 143 Å². The number of hydrogen-bond donors (Lipinski definition) is 2. The van der Waals surface area contributed by atoms with E-state index >= 15 is 0 Å². The molecule has 1 aliphatic carbocycles. The number of hydrogen-bond acceptors (Lipinski definition) is 2. The fraction of sp³-hybridized carbons (Fsp3) is 0.562. The van der Waals surface area contributed by atoms with Crippen LogP contribution in [0.1, 0.15) is 30.4 Å². The molecule has 1 saturated heterocycles. The van der Waals surface area contributed by atoms with Gasteiger partial charge in [-0.3, -0.25) is 0 Å². The molecule has 1 heterocycles. The molecule has 3 rings (SSSR count). The minimum atomic E-state index is 0. The molecule has 0 aromatic heterocycles. The van der Waals surface area contributed by atoms with Gasteiger partial charge in [0, 0.05) is 18.2 Å². The first-order chi connectivity index (χ1) is 9.63. The van der Waals surface area contributed by atoms with Crippen molar-refractivity contribution in [3.05, 3.63) is 29.3 Å². The van der Waals surface area contributed by atoms with Gasteiger partial charge in [-0.15, -0.1) is 24.0 Å². The molecule has 0 radical (unpaired) electrons. The largest absolute Gasteiger partial charge is 0.378 e. The van der Waals surface area contributed by atoms with Gasteiger partial charge in [-0.05, 0) is 56.4 Å². The van der Waals surface area contributed by atoms with Gasteiger partial charge in [-0.25, -0.2) is 4.99 Å². The number of rotatable bonds is 2. The molecule has 5 heteroatoms. The molecule has 2 aliphatic rings. The summed E-state index contributed by atoms with van der Waals surface area (Å²) in [6.07, 6.45) is 3.81. The molecule has 21 heavy (non-hydrogen) atoms. The second-order valence-corrected chi connectivity index (χ2v) is 5.96. The van der Waals surface area contributed by atoms with Crippen molar-refractivity contribution in [2.75, 3.05) is 11.9 Å². The van der Waals surface area contributed by atoms with Crippen molar-refractivity contribution in [3.8, 4) is 0 Å². The van der Waals surface area contributed by atoms with E-state index in [0.29, 0.717) is 24.0 Å². The topological polar surface area (TPSA) is 59.6 Å². The molecule has 3 N–H and O–H groups in total. The van der Waals surface area contributed by atoms with Crippen LogP contribution in [0.25, 0.3) is 0 Å². The van der Waals surface area contributed by atoms with Gasteiger partial charge in [-0.1, -0.05) is 6.07 Å². The highest BCUT2D eigenvalue weighted by Crippen LogP contribution is 2.39. The van der Waals surface area contributed by atoms with Crippen LogP contribution in [-0.4, -0.2) is 24.7 Å². The number of nitrogens with two attached hydrogens (primary N) is 1. The maximum atomic E-state index is 6.02. The van der Waals surface area contributed by atoms with E-state index in [0.717, 1.165) is 25.1 Å². The van der Waals surface area contributed by atoms with Gasteiger partial charge in [0.15, 0.2) is 5.96 Å². The normalized spacial score (nSPS) is 28.1. The number of nitrogens with one attached hydrogen (secondary N) is 1. The summed E-state index contributed by atoms with van der Waals surface area (Å²) in [5.74, 6) is 1.09. The van der Waals surface area contributed by atoms with Crippen LogP contribution in [0.3, 0.4) is 0 Å². The second-order valence-electron chi connectivity index (χ2n) is 5.96. The van der Waals surface area contributed by atoms with Crippen molar-refractivity contribution in [1.82, 2.24) is 0 Å².